The van der Waals surface area contributed by atoms with Gasteiger partial charge in [-0.1, -0.05) is 54.6 Å². The molecular weight excluding hydrogens is 487 g/mol. The molecule has 33 heavy (non-hydrogen) atoms. The normalized spacial score (nSPS) is 27.7. The number of Topliss-reactive ketones (excluding diaryl/α,β-unsaturated/α-hetero) is 1. The van der Waals surface area contributed by atoms with Gasteiger partial charge in [0.15, 0.2) is 5.78 Å². The van der Waals surface area contributed by atoms with Crippen LogP contribution in [-0.2, 0) is 4.79 Å². The van der Waals surface area contributed by atoms with E-state index in [9.17, 15) is 4.79 Å². The maximum Gasteiger partial charge on any atom is 0.177 e. The van der Waals surface area contributed by atoms with Gasteiger partial charge in [-0.25, -0.2) is 0 Å². The molecule has 7 rings (SSSR count). The Bertz CT molecular complexity index is 964. The fourth-order valence-corrected chi connectivity index (χ4v) is 11.9. The van der Waals surface area contributed by atoms with E-state index in [1.165, 1.54) is 35.2 Å². The summed E-state index contributed by atoms with van der Waals surface area (Å²) in [5, 5.41) is 3.99. The van der Waals surface area contributed by atoms with Crippen molar-refractivity contribution in [1.29, 1.82) is 0 Å². The van der Waals surface area contributed by atoms with Gasteiger partial charge in [-0.2, -0.15) is 0 Å². The smallest absolute Gasteiger partial charge is 0.177 e. The van der Waals surface area contributed by atoms with Gasteiger partial charge in [0.2, 0.25) is 0 Å². The molecule has 3 heteroatoms. The van der Waals surface area contributed by atoms with Crippen molar-refractivity contribution in [3.8, 4) is 0 Å². The molecule has 4 bridgehead atoms. The second kappa shape index (κ2) is 9.12. The van der Waals surface area contributed by atoms with Gasteiger partial charge >= 0.3 is 0 Å². The quantitative estimate of drug-likeness (QED) is 0.347. The van der Waals surface area contributed by atoms with Crippen LogP contribution in [0.15, 0.2) is 91.0 Å². The van der Waals surface area contributed by atoms with Gasteiger partial charge < -0.3 is 0 Å². The Kier molecular flexibility index (Phi) is 6.36. The van der Waals surface area contributed by atoms with Crippen molar-refractivity contribution in [3.63, 3.8) is 0 Å². The summed E-state index contributed by atoms with van der Waals surface area (Å²) in [6.45, 7) is 0. The van der Waals surface area contributed by atoms with E-state index >= 15 is 0 Å². The number of benzene rings is 3. The molecule has 3 aromatic rings. The van der Waals surface area contributed by atoms with Crippen LogP contribution in [0.25, 0.3) is 0 Å². The molecule has 4 saturated carbocycles. The summed E-state index contributed by atoms with van der Waals surface area (Å²) in [7, 11) is -2.08. The van der Waals surface area contributed by atoms with Crippen molar-refractivity contribution < 1.29 is 4.79 Å². The Balaban J connectivity index is 0.00000228. The maximum atomic E-state index is 14.5. The minimum atomic E-state index is -2.08. The van der Waals surface area contributed by atoms with E-state index in [0.29, 0.717) is 11.9 Å². The van der Waals surface area contributed by atoms with Gasteiger partial charge in [0.05, 0.1) is 0 Å². The van der Waals surface area contributed by atoms with Crippen LogP contribution in [0.3, 0.4) is 0 Å². The van der Waals surface area contributed by atoms with E-state index in [2.05, 4.69) is 91.0 Å². The summed E-state index contributed by atoms with van der Waals surface area (Å²) in [6.07, 6.45) is 8.24. The van der Waals surface area contributed by atoms with Gasteiger partial charge in [-0.15, -0.1) is 17.0 Å². The lowest BCUT2D eigenvalue weighted by atomic mass is 9.48. The summed E-state index contributed by atoms with van der Waals surface area (Å²) >= 11 is 0. The van der Waals surface area contributed by atoms with Crippen LogP contribution in [0.4, 0.5) is 0 Å². The van der Waals surface area contributed by atoms with Crippen LogP contribution in [0.1, 0.15) is 38.5 Å². The number of halogens is 1. The number of carbonyl (C=O) groups excluding carboxylic acids is 1. The van der Waals surface area contributed by atoms with E-state index in [0.717, 1.165) is 37.0 Å². The number of carbonyl (C=O) groups is 1. The van der Waals surface area contributed by atoms with Crippen molar-refractivity contribution in [2.45, 2.75) is 38.5 Å². The molecule has 0 radical (unpaired) electrons. The van der Waals surface area contributed by atoms with E-state index < -0.39 is 7.26 Å². The van der Waals surface area contributed by atoms with Crippen molar-refractivity contribution in [3.05, 3.63) is 91.0 Å². The lowest BCUT2D eigenvalue weighted by Gasteiger charge is -2.56. The summed E-state index contributed by atoms with van der Waals surface area (Å²) in [5.74, 6) is 2.94. The third-order valence-corrected chi connectivity index (χ3v) is 12.9. The second-order valence-electron chi connectivity index (χ2n) is 10.6. The Morgan fingerprint density at radius 3 is 1.30 bits per heavy atom. The van der Waals surface area contributed by atoms with E-state index in [1.807, 2.05) is 0 Å². The Morgan fingerprint density at radius 1 is 0.636 bits per heavy atom. The zero-order chi connectivity index (χ0) is 21.6. The zero-order valence-electron chi connectivity index (χ0n) is 19.1. The highest BCUT2D eigenvalue weighted by atomic mass is 79.9. The monoisotopic (exact) mass is 519 g/mol. The first-order chi connectivity index (χ1) is 15.7. The van der Waals surface area contributed by atoms with Crippen LogP contribution in [0, 0.1) is 23.2 Å². The zero-order valence-corrected chi connectivity index (χ0v) is 21.7. The van der Waals surface area contributed by atoms with Crippen LogP contribution < -0.4 is 15.9 Å². The molecule has 4 fully saturated rings. The average Bonchev–Trinajstić information content (AvgIpc) is 2.83. The molecule has 3 aromatic carbocycles. The predicted molar refractivity (Wildman–Crippen MR) is 146 cm³/mol. The molecule has 0 atom stereocenters. The molecule has 0 saturated heterocycles. The molecule has 0 N–H and O–H groups in total. The van der Waals surface area contributed by atoms with Gasteiger partial charge in [0.25, 0.3) is 0 Å². The van der Waals surface area contributed by atoms with E-state index in [1.54, 1.807) is 0 Å². The summed E-state index contributed by atoms with van der Waals surface area (Å²) in [6, 6.07) is 32.7. The highest BCUT2D eigenvalue weighted by molar-refractivity contribution is 8.93. The molecule has 4 aliphatic rings. The molecule has 0 heterocycles. The van der Waals surface area contributed by atoms with Crippen LogP contribution in [0.2, 0.25) is 0 Å². The van der Waals surface area contributed by atoms with E-state index in [4.69, 9.17) is 0 Å². The number of ketones is 1. The van der Waals surface area contributed by atoms with Gasteiger partial charge in [-0.05, 0) is 92.7 Å². The summed E-state index contributed by atoms with van der Waals surface area (Å²) in [4.78, 5) is 14.5. The lowest BCUT2D eigenvalue weighted by Crippen LogP contribution is -2.52. The second-order valence-corrected chi connectivity index (χ2v) is 14.1. The highest BCUT2D eigenvalue weighted by Crippen LogP contribution is 2.63. The maximum absolute atomic E-state index is 14.5. The first-order valence-electron chi connectivity index (χ1n) is 12.3. The number of rotatable bonds is 6. The Hall–Kier alpha value is -1.76. The average molecular weight is 520 g/mol. The lowest BCUT2D eigenvalue weighted by molar-refractivity contribution is -0.141. The SMILES string of the molecule is Br.O=C(C[P+](c1ccccc1)(c1ccccc1)c1ccccc1)C12CC3CC(CC(C3)C1)C2. The Labute approximate surface area is 209 Å². The van der Waals surface area contributed by atoms with E-state index in [-0.39, 0.29) is 22.4 Å². The minimum Gasteiger partial charge on any atom is -0.295 e. The number of hydrogen-bond donors (Lipinski definition) is 0. The third-order valence-electron chi connectivity index (χ3n) is 8.60. The number of hydrogen-bond acceptors (Lipinski definition) is 1. The largest absolute Gasteiger partial charge is 0.295 e. The van der Waals surface area contributed by atoms with Crippen molar-refractivity contribution >= 4 is 45.9 Å². The molecule has 0 aliphatic heterocycles. The molecule has 0 spiro atoms. The first kappa shape index (κ1) is 23.0. The standard InChI is InChI=1S/C30H32OP.BrH/c31-29(30-19-23-16-24(20-30)18-25(17-23)21-30)22-32(26-10-4-1-5-11-26,27-12-6-2-7-13-27)28-14-8-3-9-15-28;/h1-15,23-25H,16-22H2;1H/q+1;. The summed E-state index contributed by atoms with van der Waals surface area (Å²) < 4.78 is 0. The first-order valence-corrected chi connectivity index (χ1v) is 14.2. The van der Waals surface area contributed by atoms with Crippen molar-refractivity contribution in [2.24, 2.45) is 23.2 Å². The molecule has 170 valence electrons. The molecule has 0 unspecified atom stereocenters. The van der Waals surface area contributed by atoms with Crippen LogP contribution in [0.5, 0.6) is 0 Å². The molecule has 4 aliphatic carbocycles. The Morgan fingerprint density at radius 2 is 0.970 bits per heavy atom. The van der Waals surface area contributed by atoms with Gasteiger partial charge in [0, 0.05) is 5.41 Å². The van der Waals surface area contributed by atoms with Crippen LogP contribution in [-0.4, -0.2) is 11.9 Å². The molecular formula is C30H33BrOP+. The van der Waals surface area contributed by atoms with Gasteiger partial charge in [-0.3, -0.25) is 4.79 Å². The predicted octanol–water partition coefficient (Wildman–Crippen LogP) is 6.34. The third kappa shape index (κ3) is 3.94. The van der Waals surface area contributed by atoms with Crippen molar-refractivity contribution in [1.82, 2.24) is 0 Å². The molecule has 0 amide bonds. The fraction of sp³-hybridized carbons (Fsp3) is 0.367. The van der Waals surface area contributed by atoms with Crippen LogP contribution >= 0.6 is 24.2 Å². The highest BCUT2D eigenvalue weighted by Gasteiger charge is 2.58. The summed E-state index contributed by atoms with van der Waals surface area (Å²) in [5.41, 5.74) is -0.0572. The van der Waals surface area contributed by atoms with Crippen molar-refractivity contribution in [2.75, 3.05) is 6.16 Å². The fourth-order valence-electron chi connectivity index (χ4n) is 7.60. The topological polar surface area (TPSA) is 17.1 Å². The van der Waals surface area contributed by atoms with Gasteiger partial charge in [0.1, 0.15) is 29.3 Å². The molecule has 0 aromatic heterocycles. The molecule has 1 nitrogen and oxygen atoms in total. The minimum absolute atomic E-state index is 0.